The van der Waals surface area contributed by atoms with Gasteiger partial charge in [0.1, 0.15) is 6.10 Å². The number of ether oxygens (including phenoxy) is 1. The smallest absolute Gasteiger partial charge is 0.255 e. The van der Waals surface area contributed by atoms with Gasteiger partial charge < -0.3 is 19.9 Å². The van der Waals surface area contributed by atoms with Crippen LogP contribution in [0.25, 0.3) is 11.0 Å². The van der Waals surface area contributed by atoms with Gasteiger partial charge in [0.15, 0.2) is 0 Å². The number of likely N-dealkylation sites (N-methyl/N-ethyl adjacent to an activating group) is 1. The summed E-state index contributed by atoms with van der Waals surface area (Å²) < 4.78 is 7.79. The molecule has 26 heavy (non-hydrogen) atoms. The van der Waals surface area contributed by atoms with Crippen LogP contribution in [0.3, 0.4) is 0 Å². The van der Waals surface area contributed by atoms with Gasteiger partial charge in [0.05, 0.1) is 17.1 Å². The summed E-state index contributed by atoms with van der Waals surface area (Å²) in [5, 5.41) is 2.97. The van der Waals surface area contributed by atoms with Crippen LogP contribution in [0.1, 0.15) is 26.7 Å². The number of hydrogen-bond donors (Lipinski definition) is 2. The number of anilines is 1. The number of para-hydroxylation sites is 2. The van der Waals surface area contributed by atoms with E-state index in [1.165, 1.54) is 0 Å². The number of fused-ring (bicyclic) bond motifs is 1. The Hall–Kier alpha value is -1.96. The summed E-state index contributed by atoms with van der Waals surface area (Å²) in [6, 6.07) is 7.96. The van der Waals surface area contributed by atoms with Crippen LogP contribution in [-0.4, -0.2) is 58.7 Å². The molecule has 0 unspecified atom stereocenters. The highest BCUT2D eigenvalue weighted by molar-refractivity contribution is 5.94. The van der Waals surface area contributed by atoms with E-state index in [1.54, 1.807) is 0 Å². The maximum absolute atomic E-state index is 12.6. The standard InChI is InChI=1S/C19H29N5O2/c1-3-23(4-2)11-12-24-16-8-6-5-7-15(16)21-19(24)22-18(25)17-10-9-14(13-20)26-17/h5-8,14,17H,3-4,9-13,20H2,1-2H3,(H,21,22,25)/t14-,17+/m1/s1. The van der Waals surface area contributed by atoms with Gasteiger partial charge in [-0.15, -0.1) is 0 Å². The Labute approximate surface area is 154 Å². The lowest BCUT2D eigenvalue weighted by molar-refractivity contribution is -0.126. The Morgan fingerprint density at radius 2 is 2.12 bits per heavy atom. The normalized spacial score (nSPS) is 20.2. The molecule has 3 rings (SSSR count). The zero-order valence-electron chi connectivity index (χ0n) is 15.6. The van der Waals surface area contributed by atoms with Crippen molar-refractivity contribution >= 4 is 22.9 Å². The summed E-state index contributed by atoms with van der Waals surface area (Å²) in [5.74, 6) is 0.448. The fraction of sp³-hybridized carbons (Fsp3) is 0.579. The Morgan fingerprint density at radius 1 is 1.35 bits per heavy atom. The van der Waals surface area contributed by atoms with E-state index in [0.717, 1.165) is 43.6 Å². The minimum atomic E-state index is -0.445. The highest BCUT2D eigenvalue weighted by Gasteiger charge is 2.30. The molecule has 0 spiro atoms. The zero-order chi connectivity index (χ0) is 18.5. The minimum absolute atomic E-state index is 0.0211. The van der Waals surface area contributed by atoms with Crippen LogP contribution in [0.5, 0.6) is 0 Å². The molecule has 1 amide bonds. The van der Waals surface area contributed by atoms with Crippen molar-refractivity contribution in [1.82, 2.24) is 14.5 Å². The quantitative estimate of drug-likeness (QED) is 0.751. The van der Waals surface area contributed by atoms with Crippen molar-refractivity contribution in [3.05, 3.63) is 24.3 Å². The maximum Gasteiger partial charge on any atom is 0.255 e. The number of amides is 1. The molecule has 3 N–H and O–H groups in total. The number of nitrogens with zero attached hydrogens (tertiary/aromatic N) is 3. The molecule has 0 radical (unpaired) electrons. The lowest BCUT2D eigenvalue weighted by atomic mass is 10.2. The molecule has 7 heteroatoms. The molecule has 7 nitrogen and oxygen atoms in total. The average molecular weight is 359 g/mol. The second-order valence-electron chi connectivity index (χ2n) is 6.65. The molecule has 0 bridgehead atoms. The van der Waals surface area contributed by atoms with Gasteiger partial charge in [-0.05, 0) is 38.1 Å². The molecule has 1 aromatic heterocycles. The van der Waals surface area contributed by atoms with E-state index in [0.29, 0.717) is 18.9 Å². The molecule has 2 aromatic rings. The monoisotopic (exact) mass is 359 g/mol. The number of benzene rings is 1. The van der Waals surface area contributed by atoms with Gasteiger partial charge in [-0.25, -0.2) is 4.98 Å². The van der Waals surface area contributed by atoms with Crippen LogP contribution in [0.2, 0.25) is 0 Å². The van der Waals surface area contributed by atoms with Crippen LogP contribution in [0.15, 0.2) is 24.3 Å². The SMILES string of the molecule is CCN(CC)CCn1c(NC(=O)[C@@H]2CC[C@H](CN)O2)nc2ccccc21. The average Bonchev–Trinajstić information content (AvgIpc) is 3.27. The molecule has 1 saturated heterocycles. The number of nitrogens with two attached hydrogens (primary N) is 1. The third kappa shape index (κ3) is 4.06. The second kappa shape index (κ2) is 8.62. The third-order valence-corrected chi connectivity index (χ3v) is 5.09. The summed E-state index contributed by atoms with van der Waals surface area (Å²) in [4.78, 5) is 19.6. The van der Waals surface area contributed by atoms with Crippen LogP contribution in [0.4, 0.5) is 5.95 Å². The predicted octanol–water partition coefficient (Wildman–Crippen LogP) is 1.82. The Bertz CT molecular complexity index is 741. The van der Waals surface area contributed by atoms with Gasteiger partial charge in [0, 0.05) is 19.6 Å². The molecule has 0 aliphatic carbocycles. The van der Waals surface area contributed by atoms with E-state index in [9.17, 15) is 4.79 Å². The fourth-order valence-electron chi connectivity index (χ4n) is 3.44. The summed E-state index contributed by atoms with van der Waals surface area (Å²) in [5.41, 5.74) is 7.55. The predicted molar refractivity (Wildman–Crippen MR) is 103 cm³/mol. The first-order valence-corrected chi connectivity index (χ1v) is 9.50. The summed E-state index contributed by atoms with van der Waals surface area (Å²) >= 11 is 0. The second-order valence-corrected chi connectivity index (χ2v) is 6.65. The largest absolute Gasteiger partial charge is 0.364 e. The third-order valence-electron chi connectivity index (χ3n) is 5.09. The molecule has 0 saturated carbocycles. The minimum Gasteiger partial charge on any atom is -0.364 e. The number of carbonyl (C=O) groups excluding carboxylic acids is 1. The molecule has 2 atom stereocenters. The molecule has 1 fully saturated rings. The topological polar surface area (TPSA) is 85.4 Å². The first-order valence-electron chi connectivity index (χ1n) is 9.50. The van der Waals surface area contributed by atoms with Crippen molar-refractivity contribution in [2.24, 2.45) is 5.73 Å². The molecule has 1 aliphatic rings. The van der Waals surface area contributed by atoms with Crippen molar-refractivity contribution in [3.8, 4) is 0 Å². The van der Waals surface area contributed by atoms with Crippen molar-refractivity contribution in [1.29, 1.82) is 0 Å². The fourth-order valence-corrected chi connectivity index (χ4v) is 3.44. The van der Waals surface area contributed by atoms with Crippen molar-refractivity contribution in [2.75, 3.05) is 31.5 Å². The Kier molecular flexibility index (Phi) is 6.24. The molecule has 1 aromatic carbocycles. The number of nitrogens with one attached hydrogen (secondary N) is 1. The lowest BCUT2D eigenvalue weighted by Gasteiger charge is -2.19. The highest BCUT2D eigenvalue weighted by Crippen LogP contribution is 2.23. The summed E-state index contributed by atoms with van der Waals surface area (Å²) in [7, 11) is 0. The first-order chi connectivity index (χ1) is 12.7. The van der Waals surface area contributed by atoms with Gasteiger partial charge in [-0.2, -0.15) is 0 Å². The van der Waals surface area contributed by atoms with Gasteiger partial charge in [-0.1, -0.05) is 26.0 Å². The summed E-state index contributed by atoms with van der Waals surface area (Å²) in [6.45, 7) is 8.45. The molecule has 1 aliphatic heterocycles. The van der Waals surface area contributed by atoms with Crippen molar-refractivity contribution < 1.29 is 9.53 Å². The first kappa shape index (κ1) is 18.8. The van der Waals surface area contributed by atoms with Crippen LogP contribution in [0, 0.1) is 0 Å². The van der Waals surface area contributed by atoms with Crippen molar-refractivity contribution in [3.63, 3.8) is 0 Å². The van der Waals surface area contributed by atoms with Crippen LogP contribution >= 0.6 is 0 Å². The number of aromatic nitrogens is 2. The van der Waals surface area contributed by atoms with E-state index < -0.39 is 6.10 Å². The van der Waals surface area contributed by atoms with E-state index in [2.05, 4.69) is 33.6 Å². The summed E-state index contributed by atoms with van der Waals surface area (Å²) in [6.07, 6.45) is 1.06. The molecule has 142 valence electrons. The zero-order valence-corrected chi connectivity index (χ0v) is 15.6. The Balaban J connectivity index is 1.78. The maximum atomic E-state index is 12.6. The molecular formula is C19H29N5O2. The number of hydrogen-bond acceptors (Lipinski definition) is 5. The van der Waals surface area contributed by atoms with E-state index in [-0.39, 0.29) is 12.0 Å². The molecular weight excluding hydrogens is 330 g/mol. The van der Waals surface area contributed by atoms with E-state index in [1.807, 2.05) is 24.3 Å². The highest BCUT2D eigenvalue weighted by atomic mass is 16.5. The number of carbonyl (C=O) groups is 1. The number of imidazole rings is 1. The van der Waals surface area contributed by atoms with Crippen LogP contribution in [-0.2, 0) is 16.1 Å². The molecule has 2 heterocycles. The van der Waals surface area contributed by atoms with Gasteiger partial charge in [0.2, 0.25) is 5.95 Å². The number of rotatable bonds is 8. The van der Waals surface area contributed by atoms with E-state index in [4.69, 9.17) is 10.5 Å². The van der Waals surface area contributed by atoms with Gasteiger partial charge >= 0.3 is 0 Å². The Morgan fingerprint density at radius 3 is 2.81 bits per heavy atom. The van der Waals surface area contributed by atoms with Gasteiger partial charge in [0.25, 0.3) is 5.91 Å². The van der Waals surface area contributed by atoms with Gasteiger partial charge in [-0.3, -0.25) is 10.1 Å². The van der Waals surface area contributed by atoms with Crippen LogP contribution < -0.4 is 11.1 Å². The van der Waals surface area contributed by atoms with E-state index >= 15 is 0 Å². The van der Waals surface area contributed by atoms with Crippen molar-refractivity contribution in [2.45, 2.75) is 45.4 Å². The lowest BCUT2D eigenvalue weighted by Crippen LogP contribution is -2.31.